The zero-order valence-corrected chi connectivity index (χ0v) is 14.3. The standard InChI is InChI=1S/C16H23N3O4S/c17-15(20)22-11-14(13-7-3-1-4-8-13)12-23-16(21)18-24-19-9-5-2-6-10-19/h1,3-4,7-8,14H,2,5-6,9-12H2,(H2,17,20)(H,18,21). The first-order chi connectivity index (χ1) is 11.6. The van der Waals surface area contributed by atoms with Crippen LogP contribution in [0.3, 0.4) is 0 Å². The Balaban J connectivity index is 1.78. The molecular formula is C16H23N3O4S. The number of ether oxygens (including phenoxy) is 2. The number of rotatable bonds is 7. The number of piperidine rings is 1. The predicted molar refractivity (Wildman–Crippen MR) is 92.2 cm³/mol. The number of carbonyl (C=O) groups excluding carboxylic acids is 2. The minimum absolute atomic E-state index is 0.0614. The fourth-order valence-corrected chi connectivity index (χ4v) is 3.12. The summed E-state index contributed by atoms with van der Waals surface area (Å²) >= 11 is 1.27. The number of amides is 2. The van der Waals surface area contributed by atoms with Crippen molar-refractivity contribution in [3.63, 3.8) is 0 Å². The normalized spacial score (nSPS) is 16.2. The van der Waals surface area contributed by atoms with Gasteiger partial charge in [0.15, 0.2) is 0 Å². The van der Waals surface area contributed by atoms with Crippen molar-refractivity contribution in [1.29, 1.82) is 0 Å². The van der Waals surface area contributed by atoms with E-state index in [9.17, 15) is 9.59 Å². The Morgan fingerprint density at radius 1 is 1.12 bits per heavy atom. The second-order valence-corrected chi connectivity index (χ2v) is 6.42. The van der Waals surface area contributed by atoms with Crippen molar-refractivity contribution in [2.45, 2.75) is 25.2 Å². The van der Waals surface area contributed by atoms with Crippen LogP contribution in [0.5, 0.6) is 0 Å². The summed E-state index contributed by atoms with van der Waals surface area (Å²) in [5, 5.41) is 0. The summed E-state index contributed by atoms with van der Waals surface area (Å²) in [7, 11) is 0. The third-order valence-corrected chi connectivity index (χ3v) is 4.57. The molecule has 1 saturated heterocycles. The van der Waals surface area contributed by atoms with Crippen LogP contribution in [0.15, 0.2) is 30.3 Å². The molecule has 1 aromatic carbocycles. The largest absolute Gasteiger partial charge is 0.449 e. The first kappa shape index (κ1) is 18.4. The van der Waals surface area contributed by atoms with Crippen LogP contribution in [0.2, 0.25) is 0 Å². The van der Waals surface area contributed by atoms with Crippen LogP contribution in [-0.2, 0) is 9.47 Å². The van der Waals surface area contributed by atoms with E-state index in [0.717, 1.165) is 31.5 Å². The van der Waals surface area contributed by atoms with E-state index >= 15 is 0 Å². The minimum Gasteiger partial charge on any atom is -0.449 e. The van der Waals surface area contributed by atoms with Crippen LogP contribution in [0.4, 0.5) is 9.59 Å². The quantitative estimate of drug-likeness (QED) is 0.732. The Labute approximate surface area is 146 Å². The third kappa shape index (κ3) is 6.67. The second kappa shape index (κ2) is 10.0. The number of carbonyl (C=O) groups is 2. The molecule has 0 radical (unpaired) electrons. The van der Waals surface area contributed by atoms with E-state index in [1.54, 1.807) is 0 Å². The van der Waals surface area contributed by atoms with Crippen LogP contribution in [0.1, 0.15) is 30.7 Å². The molecule has 8 heteroatoms. The van der Waals surface area contributed by atoms with E-state index in [0.29, 0.717) is 0 Å². The number of benzene rings is 1. The Morgan fingerprint density at radius 3 is 2.46 bits per heavy atom. The molecule has 2 rings (SSSR count). The van der Waals surface area contributed by atoms with E-state index in [4.69, 9.17) is 15.2 Å². The van der Waals surface area contributed by atoms with E-state index in [1.165, 1.54) is 18.6 Å². The van der Waals surface area contributed by atoms with Gasteiger partial charge in [-0.25, -0.2) is 13.9 Å². The molecule has 0 aliphatic carbocycles. The van der Waals surface area contributed by atoms with Crippen LogP contribution in [-0.4, -0.2) is 42.8 Å². The van der Waals surface area contributed by atoms with Crippen molar-refractivity contribution in [2.24, 2.45) is 5.73 Å². The van der Waals surface area contributed by atoms with E-state index < -0.39 is 12.2 Å². The molecule has 24 heavy (non-hydrogen) atoms. The molecule has 0 aromatic heterocycles. The number of nitrogens with zero attached hydrogens (tertiary/aromatic N) is 1. The lowest BCUT2D eigenvalue weighted by atomic mass is 10.0. The maximum atomic E-state index is 11.8. The van der Waals surface area contributed by atoms with Gasteiger partial charge in [0.2, 0.25) is 0 Å². The van der Waals surface area contributed by atoms with Gasteiger partial charge in [-0.3, -0.25) is 4.72 Å². The summed E-state index contributed by atoms with van der Waals surface area (Å²) in [4.78, 5) is 22.7. The maximum absolute atomic E-state index is 11.8. The highest BCUT2D eigenvalue weighted by Crippen LogP contribution is 2.18. The van der Waals surface area contributed by atoms with Gasteiger partial charge < -0.3 is 15.2 Å². The van der Waals surface area contributed by atoms with Crippen molar-refractivity contribution in [3.05, 3.63) is 35.9 Å². The number of hydrogen-bond acceptors (Lipinski definition) is 6. The van der Waals surface area contributed by atoms with Gasteiger partial charge in [0, 0.05) is 25.2 Å². The van der Waals surface area contributed by atoms with Crippen LogP contribution >= 0.6 is 12.1 Å². The summed E-state index contributed by atoms with van der Waals surface area (Å²) in [6, 6.07) is 9.41. The fraction of sp³-hybridized carbons (Fsp3) is 0.500. The molecule has 2 amide bonds. The molecule has 1 aromatic rings. The van der Waals surface area contributed by atoms with Crippen molar-refractivity contribution in [2.75, 3.05) is 26.3 Å². The minimum atomic E-state index is -0.846. The monoisotopic (exact) mass is 353 g/mol. The molecule has 1 fully saturated rings. The average Bonchev–Trinajstić information content (AvgIpc) is 2.61. The van der Waals surface area contributed by atoms with Gasteiger partial charge in [-0.05, 0) is 18.4 Å². The van der Waals surface area contributed by atoms with Gasteiger partial charge in [0.25, 0.3) is 0 Å². The summed E-state index contributed by atoms with van der Waals surface area (Å²) < 4.78 is 14.9. The zero-order valence-electron chi connectivity index (χ0n) is 13.5. The Kier molecular flexibility index (Phi) is 7.70. The van der Waals surface area contributed by atoms with Gasteiger partial charge in [-0.2, -0.15) is 0 Å². The fourth-order valence-electron chi connectivity index (χ4n) is 2.41. The molecule has 7 nitrogen and oxygen atoms in total. The van der Waals surface area contributed by atoms with Crippen molar-refractivity contribution in [3.8, 4) is 0 Å². The predicted octanol–water partition coefficient (Wildman–Crippen LogP) is 2.64. The van der Waals surface area contributed by atoms with E-state index in [1.807, 2.05) is 30.3 Å². The lowest BCUT2D eigenvalue weighted by Crippen LogP contribution is -2.30. The van der Waals surface area contributed by atoms with Gasteiger partial charge in [-0.15, -0.1) is 0 Å². The number of hydrogen-bond donors (Lipinski definition) is 2. The summed E-state index contributed by atoms with van der Waals surface area (Å²) in [6.07, 6.45) is 2.17. The van der Waals surface area contributed by atoms with Crippen molar-refractivity contribution in [1.82, 2.24) is 9.03 Å². The molecule has 1 aliphatic heterocycles. The van der Waals surface area contributed by atoms with Gasteiger partial charge in [0.05, 0.1) is 5.92 Å². The molecule has 1 heterocycles. The molecule has 132 valence electrons. The van der Waals surface area contributed by atoms with Gasteiger partial charge in [-0.1, -0.05) is 36.8 Å². The first-order valence-electron chi connectivity index (χ1n) is 7.97. The lowest BCUT2D eigenvalue weighted by Gasteiger charge is -2.24. The van der Waals surface area contributed by atoms with Crippen LogP contribution in [0, 0.1) is 0 Å². The summed E-state index contributed by atoms with van der Waals surface area (Å²) in [5.74, 6) is -0.260. The smallest absolute Gasteiger partial charge is 0.418 e. The first-order valence-corrected chi connectivity index (χ1v) is 8.74. The molecule has 0 bridgehead atoms. The highest BCUT2D eigenvalue weighted by Gasteiger charge is 2.17. The number of nitrogens with two attached hydrogens (primary N) is 1. The number of nitrogens with one attached hydrogen (secondary N) is 1. The topological polar surface area (TPSA) is 93.9 Å². The molecule has 0 spiro atoms. The van der Waals surface area contributed by atoms with Crippen molar-refractivity contribution >= 4 is 24.3 Å². The van der Waals surface area contributed by atoms with Gasteiger partial charge in [0.1, 0.15) is 13.2 Å². The third-order valence-electron chi connectivity index (χ3n) is 3.69. The van der Waals surface area contributed by atoms with Crippen molar-refractivity contribution < 1.29 is 19.1 Å². The zero-order chi connectivity index (χ0) is 17.2. The van der Waals surface area contributed by atoms with Crippen LogP contribution < -0.4 is 10.5 Å². The average molecular weight is 353 g/mol. The van der Waals surface area contributed by atoms with Crippen LogP contribution in [0.25, 0.3) is 0 Å². The molecular weight excluding hydrogens is 330 g/mol. The Bertz CT molecular complexity index is 523. The summed E-state index contributed by atoms with van der Waals surface area (Å²) in [5.41, 5.74) is 5.93. The molecule has 1 aliphatic rings. The Morgan fingerprint density at radius 2 is 1.79 bits per heavy atom. The second-order valence-electron chi connectivity index (χ2n) is 5.52. The Hall–Kier alpha value is -1.93. The van der Waals surface area contributed by atoms with E-state index in [-0.39, 0.29) is 19.1 Å². The molecule has 0 saturated carbocycles. The van der Waals surface area contributed by atoms with Gasteiger partial charge >= 0.3 is 12.2 Å². The highest BCUT2D eigenvalue weighted by molar-refractivity contribution is 7.95. The highest BCUT2D eigenvalue weighted by atomic mass is 32.2. The molecule has 1 atom stereocenters. The lowest BCUT2D eigenvalue weighted by molar-refractivity contribution is 0.114. The molecule has 1 unspecified atom stereocenters. The SMILES string of the molecule is NC(=O)OCC(COC(=O)NSN1CCCCC1)c1ccccc1. The summed E-state index contributed by atoms with van der Waals surface area (Å²) in [6.45, 7) is 2.09. The van der Waals surface area contributed by atoms with E-state index in [2.05, 4.69) is 9.03 Å². The maximum Gasteiger partial charge on any atom is 0.418 e. The number of primary amides is 1. The molecule has 3 N–H and O–H groups in total.